The highest BCUT2D eigenvalue weighted by atomic mass is 16.6. The van der Waals surface area contributed by atoms with Gasteiger partial charge in [-0.2, -0.15) is 0 Å². The van der Waals surface area contributed by atoms with Crippen molar-refractivity contribution in [3.8, 4) is 0 Å². The summed E-state index contributed by atoms with van der Waals surface area (Å²) in [4.78, 5) is 55.0. The quantitative estimate of drug-likeness (QED) is 0.606. The zero-order valence-corrected chi connectivity index (χ0v) is 20.4. The van der Waals surface area contributed by atoms with Gasteiger partial charge < -0.3 is 29.5 Å². The van der Waals surface area contributed by atoms with E-state index in [1.165, 1.54) is 4.90 Å². The molecule has 0 spiro atoms. The Bertz CT molecular complexity index is 906. The third-order valence-corrected chi connectivity index (χ3v) is 5.57. The van der Waals surface area contributed by atoms with Crippen molar-refractivity contribution in [3.63, 3.8) is 0 Å². The molecular weight excluding hydrogens is 440 g/mol. The number of rotatable bonds is 6. The van der Waals surface area contributed by atoms with Crippen LogP contribution in [0, 0.1) is 0 Å². The Labute approximate surface area is 200 Å². The van der Waals surface area contributed by atoms with Crippen molar-refractivity contribution < 1.29 is 28.7 Å². The molecule has 0 bridgehead atoms. The molecule has 1 N–H and O–H groups in total. The third kappa shape index (κ3) is 6.69. The molecule has 0 aromatic heterocycles. The average Bonchev–Trinajstić information content (AvgIpc) is 3.58. The van der Waals surface area contributed by atoms with Crippen molar-refractivity contribution in [2.75, 3.05) is 40.3 Å². The minimum Gasteiger partial charge on any atom is -0.444 e. The van der Waals surface area contributed by atoms with Crippen LogP contribution in [0.4, 0.5) is 4.79 Å². The van der Waals surface area contributed by atoms with Crippen molar-refractivity contribution in [1.82, 2.24) is 20.0 Å². The van der Waals surface area contributed by atoms with Crippen LogP contribution in [0.3, 0.4) is 0 Å². The summed E-state index contributed by atoms with van der Waals surface area (Å²) in [5.74, 6) is -1.01. The number of piperazine rings is 1. The van der Waals surface area contributed by atoms with Crippen LogP contribution in [0.5, 0.6) is 0 Å². The van der Waals surface area contributed by atoms with E-state index >= 15 is 0 Å². The fourth-order valence-electron chi connectivity index (χ4n) is 3.73. The van der Waals surface area contributed by atoms with Gasteiger partial charge in [0.25, 0.3) is 11.8 Å². The van der Waals surface area contributed by atoms with Gasteiger partial charge in [-0.3, -0.25) is 14.4 Å². The van der Waals surface area contributed by atoms with Gasteiger partial charge in [0.2, 0.25) is 5.91 Å². The van der Waals surface area contributed by atoms with Crippen molar-refractivity contribution in [1.29, 1.82) is 0 Å². The van der Waals surface area contributed by atoms with Crippen LogP contribution in [-0.4, -0.2) is 103 Å². The minimum absolute atomic E-state index is 0.237. The Morgan fingerprint density at radius 3 is 2.18 bits per heavy atom. The lowest BCUT2D eigenvalue weighted by Crippen LogP contribution is -2.53. The van der Waals surface area contributed by atoms with E-state index < -0.39 is 35.9 Å². The largest absolute Gasteiger partial charge is 0.444 e. The molecule has 1 aromatic carbocycles. The predicted molar refractivity (Wildman–Crippen MR) is 124 cm³/mol. The van der Waals surface area contributed by atoms with E-state index in [9.17, 15) is 19.2 Å². The number of carbonyl (C=O) groups is 4. The van der Waals surface area contributed by atoms with Crippen LogP contribution in [0.2, 0.25) is 0 Å². The molecule has 3 atom stereocenters. The van der Waals surface area contributed by atoms with E-state index in [4.69, 9.17) is 9.47 Å². The topological polar surface area (TPSA) is 112 Å². The second kappa shape index (κ2) is 10.4. The summed E-state index contributed by atoms with van der Waals surface area (Å²) >= 11 is 0. The van der Waals surface area contributed by atoms with Gasteiger partial charge in [-0.15, -0.1) is 0 Å². The van der Waals surface area contributed by atoms with Gasteiger partial charge in [-0.25, -0.2) is 4.79 Å². The van der Waals surface area contributed by atoms with Gasteiger partial charge in [-0.05, 0) is 26.3 Å². The maximum absolute atomic E-state index is 12.8. The molecule has 2 saturated heterocycles. The number of carbonyl (C=O) groups excluding carboxylic acids is 4. The summed E-state index contributed by atoms with van der Waals surface area (Å²) in [6.45, 7) is 6.77. The summed E-state index contributed by atoms with van der Waals surface area (Å²) < 4.78 is 10.8. The Hall–Kier alpha value is -3.14. The standard InChI is InChI=1S/C24H34N4O6/c1-24(2,3)34-23(32)28-13-11-27(12-14-28)22(31)19-18(33-19)20(29)25-17(21(30)26(4)5)15-16-9-7-6-8-10-16/h6-10,17-19H,11-15H2,1-5H3,(H,25,29)/t17-,18-,19-/m0/s1. The normalized spacial score (nSPS) is 20.9. The highest BCUT2D eigenvalue weighted by molar-refractivity contribution is 5.97. The fraction of sp³-hybridized carbons (Fsp3) is 0.583. The lowest BCUT2D eigenvalue weighted by atomic mass is 10.0. The average molecular weight is 475 g/mol. The van der Waals surface area contributed by atoms with Crippen LogP contribution in [0.1, 0.15) is 26.3 Å². The van der Waals surface area contributed by atoms with E-state index in [-0.39, 0.29) is 11.8 Å². The first kappa shape index (κ1) is 25.5. The number of likely N-dealkylation sites (N-methyl/N-ethyl adjacent to an activating group) is 1. The summed E-state index contributed by atoms with van der Waals surface area (Å²) in [6, 6.07) is 8.64. The van der Waals surface area contributed by atoms with E-state index in [1.807, 2.05) is 30.3 Å². The summed E-state index contributed by atoms with van der Waals surface area (Å²) in [7, 11) is 3.26. The summed E-state index contributed by atoms with van der Waals surface area (Å²) in [6.07, 6.45) is -1.87. The lowest BCUT2D eigenvalue weighted by molar-refractivity contribution is -0.135. The SMILES string of the molecule is CN(C)C(=O)[C@H](Cc1ccccc1)NC(=O)[C@H]1O[C@@H]1C(=O)N1CCN(C(=O)OC(C)(C)C)CC1. The molecule has 0 saturated carbocycles. The number of nitrogens with zero attached hydrogens (tertiary/aromatic N) is 3. The molecule has 186 valence electrons. The van der Waals surface area contributed by atoms with Gasteiger partial charge in [0.15, 0.2) is 12.2 Å². The first-order chi connectivity index (χ1) is 16.0. The van der Waals surface area contributed by atoms with Gasteiger partial charge in [-0.1, -0.05) is 30.3 Å². The number of nitrogens with one attached hydrogen (secondary N) is 1. The smallest absolute Gasteiger partial charge is 0.410 e. The van der Waals surface area contributed by atoms with E-state index in [0.717, 1.165) is 5.56 Å². The van der Waals surface area contributed by atoms with Crippen molar-refractivity contribution in [3.05, 3.63) is 35.9 Å². The van der Waals surface area contributed by atoms with Crippen LogP contribution >= 0.6 is 0 Å². The first-order valence-electron chi connectivity index (χ1n) is 11.4. The Morgan fingerprint density at radius 1 is 1.03 bits per heavy atom. The van der Waals surface area contributed by atoms with Crippen LogP contribution in [0.25, 0.3) is 0 Å². The molecule has 2 heterocycles. The van der Waals surface area contributed by atoms with E-state index in [1.54, 1.807) is 44.7 Å². The zero-order chi connectivity index (χ0) is 25.0. The molecule has 2 aliphatic heterocycles. The molecule has 2 fully saturated rings. The highest BCUT2D eigenvalue weighted by Crippen LogP contribution is 2.26. The fourth-order valence-corrected chi connectivity index (χ4v) is 3.73. The molecule has 10 heteroatoms. The van der Waals surface area contributed by atoms with Gasteiger partial charge >= 0.3 is 6.09 Å². The van der Waals surface area contributed by atoms with Crippen LogP contribution < -0.4 is 5.32 Å². The summed E-state index contributed by atoms with van der Waals surface area (Å²) in [5, 5.41) is 2.74. The zero-order valence-electron chi connectivity index (χ0n) is 20.4. The minimum atomic E-state index is -0.926. The van der Waals surface area contributed by atoms with Gasteiger partial charge in [0.1, 0.15) is 11.6 Å². The number of hydrogen-bond donors (Lipinski definition) is 1. The molecule has 2 aliphatic rings. The Balaban J connectivity index is 1.51. The van der Waals surface area contributed by atoms with Gasteiger partial charge in [0.05, 0.1) is 0 Å². The molecule has 0 aliphatic carbocycles. The molecule has 3 rings (SSSR count). The van der Waals surface area contributed by atoms with E-state index in [2.05, 4.69) is 5.32 Å². The molecule has 0 unspecified atom stereocenters. The predicted octanol–water partition coefficient (Wildman–Crippen LogP) is 0.649. The number of epoxide rings is 1. The number of hydrogen-bond acceptors (Lipinski definition) is 6. The maximum atomic E-state index is 12.8. The van der Waals surface area contributed by atoms with E-state index in [0.29, 0.717) is 32.6 Å². The van der Waals surface area contributed by atoms with Crippen LogP contribution in [-0.2, 0) is 30.3 Å². The molecule has 0 radical (unpaired) electrons. The molecular formula is C24H34N4O6. The lowest BCUT2D eigenvalue weighted by Gasteiger charge is -2.35. The number of benzene rings is 1. The third-order valence-electron chi connectivity index (χ3n) is 5.57. The van der Waals surface area contributed by atoms with Crippen LogP contribution in [0.15, 0.2) is 30.3 Å². The van der Waals surface area contributed by atoms with Crippen molar-refractivity contribution >= 4 is 23.8 Å². The molecule has 34 heavy (non-hydrogen) atoms. The first-order valence-corrected chi connectivity index (χ1v) is 11.4. The number of amides is 4. The Kier molecular flexibility index (Phi) is 7.81. The van der Waals surface area contributed by atoms with Gasteiger partial charge in [0, 0.05) is 46.7 Å². The monoisotopic (exact) mass is 474 g/mol. The maximum Gasteiger partial charge on any atom is 0.410 e. The second-order valence-electron chi connectivity index (χ2n) is 9.75. The second-order valence-corrected chi connectivity index (χ2v) is 9.75. The molecule has 1 aromatic rings. The van der Waals surface area contributed by atoms with Crippen molar-refractivity contribution in [2.24, 2.45) is 0 Å². The molecule has 4 amide bonds. The summed E-state index contributed by atoms with van der Waals surface area (Å²) in [5.41, 5.74) is 0.328. The Morgan fingerprint density at radius 2 is 1.62 bits per heavy atom. The molecule has 10 nitrogen and oxygen atoms in total. The highest BCUT2D eigenvalue weighted by Gasteiger charge is 2.52. The van der Waals surface area contributed by atoms with Crippen molar-refractivity contribution in [2.45, 2.75) is 51.0 Å². The number of ether oxygens (including phenoxy) is 2.